The van der Waals surface area contributed by atoms with Crippen molar-refractivity contribution >= 4 is 6.29 Å². The average molecular weight is 354 g/mol. The molecule has 1 heterocycles. The van der Waals surface area contributed by atoms with E-state index in [1.54, 1.807) is 0 Å². The van der Waals surface area contributed by atoms with Gasteiger partial charge in [0.05, 0.1) is 0 Å². The van der Waals surface area contributed by atoms with E-state index >= 15 is 0 Å². The fraction of sp³-hybridized carbons (Fsp3) is 0.267. The van der Waals surface area contributed by atoms with Crippen molar-refractivity contribution in [1.29, 1.82) is 0 Å². The summed E-state index contributed by atoms with van der Waals surface area (Å²) in [7, 11) is 0. The first-order valence-electron chi connectivity index (χ1n) is 6.40. The summed E-state index contributed by atoms with van der Waals surface area (Å²) in [5.74, 6) is -0.0106. The molecule has 0 bridgehead atoms. The average Bonchev–Trinajstić information content (AvgIpc) is 2.92. The molecule has 2 aromatic rings. The smallest absolute Gasteiger partial charge is 0.435 e. The first-order valence-corrected chi connectivity index (χ1v) is 6.40. The van der Waals surface area contributed by atoms with Crippen molar-refractivity contribution in [2.75, 3.05) is 0 Å². The van der Waals surface area contributed by atoms with E-state index in [-0.39, 0.29) is 22.6 Å². The van der Waals surface area contributed by atoms with Gasteiger partial charge in [-0.1, -0.05) is 18.2 Å². The Kier molecular flexibility index (Phi) is 4.24. The van der Waals surface area contributed by atoms with Crippen molar-refractivity contribution in [3.8, 4) is 11.3 Å². The second-order valence-corrected chi connectivity index (χ2v) is 5.00. The maximum absolute atomic E-state index is 14.0. The molecular formula is C15H9F7O2. The van der Waals surface area contributed by atoms with Gasteiger partial charge in [0.15, 0.2) is 12.0 Å². The molecule has 0 unspecified atom stereocenters. The van der Waals surface area contributed by atoms with Crippen LogP contribution in [-0.4, -0.2) is 18.6 Å². The Morgan fingerprint density at radius 1 is 0.917 bits per heavy atom. The molecule has 0 N–H and O–H groups in total. The Morgan fingerprint density at radius 2 is 1.50 bits per heavy atom. The minimum Gasteiger partial charge on any atom is -0.453 e. The maximum Gasteiger partial charge on any atom is 0.435 e. The highest BCUT2D eigenvalue weighted by atomic mass is 19.4. The summed E-state index contributed by atoms with van der Waals surface area (Å²) in [6.07, 6.45) is -12.0. The second-order valence-electron chi connectivity index (χ2n) is 5.00. The summed E-state index contributed by atoms with van der Waals surface area (Å²) >= 11 is 0. The third kappa shape index (κ3) is 2.78. The number of aryl methyl sites for hydroxylation is 1. The molecule has 130 valence electrons. The Morgan fingerprint density at radius 3 is 1.92 bits per heavy atom. The van der Waals surface area contributed by atoms with Gasteiger partial charge in [-0.2, -0.15) is 26.3 Å². The first kappa shape index (κ1) is 18.0. The Labute approximate surface area is 130 Å². The van der Waals surface area contributed by atoms with Crippen LogP contribution in [0.15, 0.2) is 34.7 Å². The van der Waals surface area contributed by atoms with Gasteiger partial charge in [0.25, 0.3) is 0 Å². The Balaban J connectivity index is 2.57. The number of carbonyl (C=O) groups excluding carboxylic acids is 1. The minimum absolute atomic E-state index is 0.0598. The molecule has 2 rings (SSSR count). The zero-order valence-corrected chi connectivity index (χ0v) is 11.9. The van der Waals surface area contributed by atoms with Crippen molar-refractivity contribution in [2.45, 2.75) is 24.9 Å². The zero-order chi connectivity index (χ0) is 18.3. The number of halogens is 7. The van der Waals surface area contributed by atoms with Crippen LogP contribution in [0.1, 0.15) is 21.7 Å². The van der Waals surface area contributed by atoms with E-state index in [1.165, 1.54) is 19.1 Å². The molecule has 0 aliphatic rings. The fourth-order valence-corrected chi connectivity index (χ4v) is 2.20. The lowest BCUT2D eigenvalue weighted by atomic mass is 9.91. The third-order valence-corrected chi connectivity index (χ3v) is 3.41. The van der Waals surface area contributed by atoms with Gasteiger partial charge in [-0.3, -0.25) is 4.79 Å². The van der Waals surface area contributed by atoms with Crippen LogP contribution in [0.4, 0.5) is 30.7 Å². The second kappa shape index (κ2) is 5.64. The van der Waals surface area contributed by atoms with Gasteiger partial charge < -0.3 is 4.42 Å². The maximum atomic E-state index is 14.0. The van der Waals surface area contributed by atoms with E-state index < -0.39 is 23.6 Å². The molecule has 0 saturated heterocycles. The van der Waals surface area contributed by atoms with Crippen LogP contribution in [0.5, 0.6) is 0 Å². The topological polar surface area (TPSA) is 30.2 Å². The number of rotatable bonds is 3. The molecule has 9 heteroatoms. The highest BCUT2D eigenvalue weighted by molar-refractivity contribution is 5.73. The number of aldehydes is 1. The number of hydrogen-bond acceptors (Lipinski definition) is 2. The van der Waals surface area contributed by atoms with E-state index in [0.29, 0.717) is 18.4 Å². The van der Waals surface area contributed by atoms with Crippen LogP contribution in [0, 0.1) is 6.92 Å². The lowest BCUT2D eigenvalue weighted by molar-refractivity contribution is -0.348. The predicted molar refractivity (Wildman–Crippen MR) is 69.2 cm³/mol. The zero-order valence-electron chi connectivity index (χ0n) is 11.9. The fourth-order valence-electron chi connectivity index (χ4n) is 2.20. The highest BCUT2D eigenvalue weighted by Crippen LogP contribution is 2.53. The summed E-state index contributed by atoms with van der Waals surface area (Å²) < 4.78 is 95.5. The number of carbonyl (C=O) groups is 1. The van der Waals surface area contributed by atoms with E-state index in [2.05, 4.69) is 0 Å². The van der Waals surface area contributed by atoms with Crippen LogP contribution < -0.4 is 0 Å². The molecule has 24 heavy (non-hydrogen) atoms. The summed E-state index contributed by atoms with van der Waals surface area (Å²) in [4.78, 5) is 10.5. The van der Waals surface area contributed by atoms with Gasteiger partial charge >= 0.3 is 18.0 Å². The lowest BCUT2D eigenvalue weighted by Crippen LogP contribution is -2.50. The highest BCUT2D eigenvalue weighted by Gasteiger charge is 2.73. The molecule has 1 aromatic heterocycles. The van der Waals surface area contributed by atoms with Crippen LogP contribution in [0.2, 0.25) is 0 Å². The lowest BCUT2D eigenvalue weighted by Gasteiger charge is -2.30. The van der Waals surface area contributed by atoms with Crippen molar-refractivity contribution in [2.24, 2.45) is 0 Å². The quantitative estimate of drug-likeness (QED) is 0.549. The van der Waals surface area contributed by atoms with E-state index in [1.807, 2.05) is 0 Å². The summed E-state index contributed by atoms with van der Waals surface area (Å²) in [6, 6.07) is 4.33. The number of benzene rings is 1. The first-order chi connectivity index (χ1) is 10.9. The van der Waals surface area contributed by atoms with Gasteiger partial charge in [0.2, 0.25) is 0 Å². The number of furan rings is 1. The molecule has 0 spiro atoms. The van der Waals surface area contributed by atoms with Gasteiger partial charge in [-0.05, 0) is 24.6 Å². The van der Waals surface area contributed by atoms with Crippen molar-refractivity contribution in [3.63, 3.8) is 0 Å². The molecule has 0 fully saturated rings. The number of hydrogen-bond donors (Lipinski definition) is 0. The molecule has 0 amide bonds. The van der Waals surface area contributed by atoms with Gasteiger partial charge in [0, 0.05) is 11.1 Å². The minimum atomic E-state index is -6.17. The predicted octanol–water partition coefficient (Wildman–Crippen LogP) is 5.36. The molecule has 0 aliphatic heterocycles. The molecule has 2 nitrogen and oxygen atoms in total. The summed E-state index contributed by atoms with van der Waals surface area (Å²) in [5.41, 5.74) is -7.00. The van der Waals surface area contributed by atoms with Crippen molar-refractivity contribution in [1.82, 2.24) is 0 Å². The van der Waals surface area contributed by atoms with Crippen LogP contribution in [0.3, 0.4) is 0 Å². The van der Waals surface area contributed by atoms with Gasteiger partial charge in [0.1, 0.15) is 5.76 Å². The molecule has 1 aromatic carbocycles. The van der Waals surface area contributed by atoms with Crippen molar-refractivity contribution < 1.29 is 39.9 Å². The van der Waals surface area contributed by atoms with Crippen LogP contribution in [0.25, 0.3) is 11.3 Å². The largest absolute Gasteiger partial charge is 0.453 e. The Hall–Kier alpha value is -2.32. The molecular weight excluding hydrogens is 345 g/mol. The van der Waals surface area contributed by atoms with E-state index in [9.17, 15) is 35.5 Å². The van der Waals surface area contributed by atoms with Crippen LogP contribution in [-0.2, 0) is 5.67 Å². The summed E-state index contributed by atoms with van der Waals surface area (Å²) in [6.45, 7) is 1.20. The molecule has 0 aliphatic carbocycles. The summed E-state index contributed by atoms with van der Waals surface area (Å²) in [5, 5.41) is 0. The Bertz CT molecular complexity index is 742. The molecule has 0 atom stereocenters. The van der Waals surface area contributed by atoms with E-state index in [0.717, 1.165) is 6.07 Å². The van der Waals surface area contributed by atoms with Crippen molar-refractivity contribution in [3.05, 3.63) is 47.2 Å². The standard InChI is InChI=1S/C15H9F7O2/c1-8-6-9(13(16,14(17,18)19)15(20,21)22)2-4-11(8)12-5-3-10(7-23)24-12/h2-7H,1H3. The van der Waals surface area contributed by atoms with Crippen LogP contribution >= 0.6 is 0 Å². The monoisotopic (exact) mass is 354 g/mol. The SMILES string of the molecule is Cc1cc(C(F)(C(F)(F)F)C(F)(F)F)ccc1-c1ccc(C=O)o1. The van der Waals surface area contributed by atoms with E-state index in [4.69, 9.17) is 4.42 Å². The third-order valence-electron chi connectivity index (χ3n) is 3.41. The molecule has 0 radical (unpaired) electrons. The number of alkyl halides is 7. The van der Waals surface area contributed by atoms with Gasteiger partial charge in [-0.15, -0.1) is 0 Å². The normalized spacial score (nSPS) is 13.2. The molecule has 0 saturated carbocycles. The van der Waals surface area contributed by atoms with Gasteiger partial charge in [-0.25, -0.2) is 4.39 Å².